The van der Waals surface area contributed by atoms with Crippen LogP contribution in [0.15, 0.2) is 36.5 Å². The summed E-state index contributed by atoms with van der Waals surface area (Å²) in [7, 11) is 0. The summed E-state index contributed by atoms with van der Waals surface area (Å²) in [5.74, 6) is -2.85. The van der Waals surface area contributed by atoms with Crippen molar-refractivity contribution in [3.8, 4) is 11.3 Å². The normalized spacial score (nSPS) is 10.3. The van der Waals surface area contributed by atoms with Gasteiger partial charge in [0.25, 0.3) is 0 Å². The highest BCUT2D eigenvalue weighted by Gasteiger charge is 2.13. The molecule has 2 rings (SSSR count). The molecule has 4 heteroatoms. The Hall–Kier alpha value is -1.84. The van der Waals surface area contributed by atoms with Gasteiger partial charge in [-0.3, -0.25) is 4.98 Å². The highest BCUT2D eigenvalue weighted by atomic mass is 19.1. The Labute approximate surface area is 84.2 Å². The molecule has 0 radical (unpaired) electrons. The summed E-state index contributed by atoms with van der Waals surface area (Å²) in [6.07, 6.45) is 1.41. The summed E-state index contributed by atoms with van der Waals surface area (Å²) in [5, 5.41) is 0. The lowest BCUT2D eigenvalue weighted by molar-refractivity contribution is 0.547. The number of halogens is 3. The van der Waals surface area contributed by atoms with Crippen molar-refractivity contribution in [1.29, 1.82) is 0 Å². The third-order valence-corrected chi connectivity index (χ3v) is 1.93. The van der Waals surface area contributed by atoms with E-state index in [1.54, 1.807) is 12.1 Å². The topological polar surface area (TPSA) is 12.9 Å². The Kier molecular flexibility index (Phi) is 2.41. The maximum Gasteiger partial charge on any atom is 0.138 e. The molecule has 0 saturated heterocycles. The number of nitrogens with zero attached hydrogens (tertiary/aromatic N) is 1. The quantitative estimate of drug-likeness (QED) is 0.702. The Bertz CT molecular complexity index is 459. The van der Waals surface area contributed by atoms with Gasteiger partial charge in [0.2, 0.25) is 0 Å². The van der Waals surface area contributed by atoms with Crippen molar-refractivity contribution in [3.05, 3.63) is 54.0 Å². The summed E-state index contributed by atoms with van der Waals surface area (Å²) in [4.78, 5) is 3.80. The van der Waals surface area contributed by atoms with Crippen molar-refractivity contribution in [1.82, 2.24) is 4.98 Å². The molecule has 0 aliphatic carbocycles. The van der Waals surface area contributed by atoms with E-state index in [9.17, 15) is 13.2 Å². The van der Waals surface area contributed by atoms with Gasteiger partial charge in [0.15, 0.2) is 0 Å². The predicted octanol–water partition coefficient (Wildman–Crippen LogP) is 3.17. The van der Waals surface area contributed by atoms with Crippen LogP contribution in [0.4, 0.5) is 13.2 Å². The molecule has 1 aromatic heterocycles. The summed E-state index contributed by atoms with van der Waals surface area (Å²) < 4.78 is 39.2. The van der Waals surface area contributed by atoms with Gasteiger partial charge in [-0.15, -0.1) is 0 Å². The van der Waals surface area contributed by atoms with E-state index >= 15 is 0 Å². The molecule has 0 N–H and O–H groups in total. The number of hydrogen-bond donors (Lipinski definition) is 0. The average Bonchev–Trinajstić information content (AvgIpc) is 2.17. The largest absolute Gasteiger partial charge is 0.256 e. The number of rotatable bonds is 1. The maximum atomic E-state index is 13.3. The standard InChI is InChI=1S/C11H6F3N/c12-7-5-8(13)11(9(14)6-7)10-3-1-2-4-15-10/h1-6H. The fourth-order valence-electron chi connectivity index (χ4n) is 1.30. The van der Waals surface area contributed by atoms with E-state index in [-0.39, 0.29) is 11.3 Å². The van der Waals surface area contributed by atoms with Crippen LogP contribution in [-0.2, 0) is 0 Å². The van der Waals surface area contributed by atoms with Crippen LogP contribution in [0.1, 0.15) is 0 Å². The van der Waals surface area contributed by atoms with Crippen LogP contribution in [-0.4, -0.2) is 4.98 Å². The van der Waals surface area contributed by atoms with Crippen LogP contribution in [0.2, 0.25) is 0 Å². The van der Waals surface area contributed by atoms with Crippen LogP contribution in [0, 0.1) is 17.5 Å². The first-order valence-corrected chi connectivity index (χ1v) is 4.24. The van der Waals surface area contributed by atoms with Crippen LogP contribution in [0.3, 0.4) is 0 Å². The third kappa shape index (κ3) is 1.83. The van der Waals surface area contributed by atoms with E-state index in [0.717, 1.165) is 0 Å². The van der Waals surface area contributed by atoms with Gasteiger partial charge in [0, 0.05) is 18.3 Å². The lowest BCUT2D eigenvalue weighted by atomic mass is 10.1. The molecule has 0 fully saturated rings. The van der Waals surface area contributed by atoms with Gasteiger partial charge >= 0.3 is 0 Å². The summed E-state index contributed by atoms with van der Waals surface area (Å²) in [5.41, 5.74) is -0.162. The molecule has 0 spiro atoms. The molecule has 0 amide bonds. The van der Waals surface area contributed by atoms with Crippen molar-refractivity contribution in [2.24, 2.45) is 0 Å². The van der Waals surface area contributed by atoms with Crippen LogP contribution < -0.4 is 0 Å². The number of aromatic nitrogens is 1. The second kappa shape index (κ2) is 3.73. The molecule has 0 saturated carbocycles. The zero-order valence-corrected chi connectivity index (χ0v) is 7.55. The van der Waals surface area contributed by atoms with Crippen molar-refractivity contribution < 1.29 is 13.2 Å². The van der Waals surface area contributed by atoms with Gasteiger partial charge in [0.05, 0.1) is 11.3 Å². The first kappa shape index (κ1) is 9.71. The molecule has 0 aliphatic rings. The van der Waals surface area contributed by atoms with Crippen molar-refractivity contribution in [3.63, 3.8) is 0 Å². The minimum atomic E-state index is -0.953. The number of benzene rings is 1. The molecule has 1 heterocycles. The number of hydrogen-bond acceptors (Lipinski definition) is 1. The zero-order valence-electron chi connectivity index (χ0n) is 7.55. The van der Waals surface area contributed by atoms with E-state index in [2.05, 4.69) is 4.98 Å². The first-order chi connectivity index (χ1) is 7.18. The smallest absolute Gasteiger partial charge is 0.138 e. The molecule has 76 valence electrons. The van der Waals surface area contributed by atoms with E-state index in [1.165, 1.54) is 12.3 Å². The molecule has 0 aliphatic heterocycles. The molecule has 1 aromatic carbocycles. The summed E-state index contributed by atoms with van der Waals surface area (Å²) >= 11 is 0. The molecule has 15 heavy (non-hydrogen) atoms. The van der Waals surface area contributed by atoms with Gasteiger partial charge in [-0.05, 0) is 12.1 Å². The Balaban J connectivity index is 2.64. The molecule has 0 bridgehead atoms. The van der Waals surface area contributed by atoms with E-state index in [1.807, 2.05) is 0 Å². The second-order valence-corrected chi connectivity index (χ2v) is 2.96. The third-order valence-electron chi connectivity index (χ3n) is 1.93. The summed E-state index contributed by atoms with van der Waals surface area (Å²) in [6.45, 7) is 0. The van der Waals surface area contributed by atoms with Crippen molar-refractivity contribution in [2.75, 3.05) is 0 Å². The average molecular weight is 209 g/mol. The Morgan fingerprint density at radius 3 is 2.13 bits per heavy atom. The van der Waals surface area contributed by atoms with Crippen molar-refractivity contribution >= 4 is 0 Å². The first-order valence-electron chi connectivity index (χ1n) is 4.24. The Morgan fingerprint density at radius 2 is 1.60 bits per heavy atom. The van der Waals surface area contributed by atoms with Crippen LogP contribution in [0.25, 0.3) is 11.3 Å². The second-order valence-electron chi connectivity index (χ2n) is 2.96. The minimum absolute atomic E-state index is 0.146. The van der Waals surface area contributed by atoms with Crippen LogP contribution in [0.5, 0.6) is 0 Å². The lowest BCUT2D eigenvalue weighted by Crippen LogP contribution is -1.93. The minimum Gasteiger partial charge on any atom is -0.256 e. The predicted molar refractivity (Wildman–Crippen MR) is 49.5 cm³/mol. The van der Waals surface area contributed by atoms with Gasteiger partial charge in [0.1, 0.15) is 17.5 Å². The molecular weight excluding hydrogens is 203 g/mol. The highest BCUT2D eigenvalue weighted by Crippen LogP contribution is 2.24. The molecule has 0 atom stereocenters. The lowest BCUT2D eigenvalue weighted by Gasteiger charge is -2.03. The van der Waals surface area contributed by atoms with Gasteiger partial charge in [-0.25, -0.2) is 13.2 Å². The van der Waals surface area contributed by atoms with E-state index < -0.39 is 17.5 Å². The Morgan fingerprint density at radius 1 is 0.933 bits per heavy atom. The molecule has 0 unspecified atom stereocenters. The van der Waals surface area contributed by atoms with E-state index in [4.69, 9.17) is 0 Å². The molecule has 1 nitrogen and oxygen atoms in total. The highest BCUT2D eigenvalue weighted by molar-refractivity contribution is 5.60. The summed E-state index contributed by atoms with van der Waals surface area (Å²) in [6, 6.07) is 5.95. The molecular formula is C11H6F3N. The zero-order chi connectivity index (χ0) is 10.8. The SMILES string of the molecule is Fc1cc(F)c(-c2ccccn2)c(F)c1. The maximum absolute atomic E-state index is 13.3. The van der Waals surface area contributed by atoms with Gasteiger partial charge < -0.3 is 0 Å². The van der Waals surface area contributed by atoms with Gasteiger partial charge in [-0.2, -0.15) is 0 Å². The fourth-order valence-corrected chi connectivity index (χ4v) is 1.30. The molecule has 2 aromatic rings. The van der Waals surface area contributed by atoms with Crippen molar-refractivity contribution in [2.45, 2.75) is 0 Å². The number of pyridine rings is 1. The van der Waals surface area contributed by atoms with Gasteiger partial charge in [-0.1, -0.05) is 6.07 Å². The van der Waals surface area contributed by atoms with Crippen LogP contribution >= 0.6 is 0 Å². The fraction of sp³-hybridized carbons (Fsp3) is 0. The van der Waals surface area contributed by atoms with E-state index in [0.29, 0.717) is 12.1 Å². The monoisotopic (exact) mass is 209 g/mol.